The summed E-state index contributed by atoms with van der Waals surface area (Å²) < 4.78 is 32.6. The van der Waals surface area contributed by atoms with E-state index < -0.39 is 10.0 Å². The minimum Gasteiger partial charge on any atom is -0.398 e. The van der Waals surface area contributed by atoms with Gasteiger partial charge < -0.3 is 10.5 Å². The molecule has 1 atom stereocenters. The third-order valence-corrected chi connectivity index (χ3v) is 5.91. The zero-order valence-electron chi connectivity index (χ0n) is 11.4. The van der Waals surface area contributed by atoms with E-state index in [2.05, 4.69) is 0 Å². The Hall–Kier alpha value is -1.11. The average Bonchev–Trinajstić information content (AvgIpc) is 3.12. The number of hydrogen-bond acceptors (Lipinski definition) is 4. The Morgan fingerprint density at radius 2 is 2.00 bits per heavy atom. The molecule has 1 aromatic carbocycles. The summed E-state index contributed by atoms with van der Waals surface area (Å²) in [7, 11) is -3.50. The van der Waals surface area contributed by atoms with E-state index in [4.69, 9.17) is 10.5 Å². The molecule has 1 aliphatic carbocycles. The third-order valence-electron chi connectivity index (χ3n) is 3.92. The van der Waals surface area contributed by atoms with Crippen LogP contribution in [-0.2, 0) is 14.8 Å². The number of hydrogen-bond donors (Lipinski definition) is 1. The van der Waals surface area contributed by atoms with Crippen molar-refractivity contribution >= 4 is 15.7 Å². The first-order chi connectivity index (χ1) is 9.59. The second-order valence-corrected chi connectivity index (χ2v) is 7.43. The maximum atomic E-state index is 12.8. The van der Waals surface area contributed by atoms with E-state index >= 15 is 0 Å². The number of sulfonamides is 1. The van der Waals surface area contributed by atoms with Gasteiger partial charge in [0.05, 0.1) is 12.3 Å². The van der Waals surface area contributed by atoms with Crippen molar-refractivity contribution in [1.29, 1.82) is 0 Å². The Bertz CT molecular complexity index is 578. The zero-order valence-corrected chi connectivity index (χ0v) is 12.2. The number of benzene rings is 1. The van der Waals surface area contributed by atoms with Gasteiger partial charge in [-0.25, -0.2) is 8.42 Å². The van der Waals surface area contributed by atoms with Gasteiger partial charge in [-0.15, -0.1) is 0 Å². The molecule has 1 heterocycles. The van der Waals surface area contributed by atoms with Gasteiger partial charge >= 0.3 is 0 Å². The summed E-state index contributed by atoms with van der Waals surface area (Å²) in [5, 5.41) is 0. The second kappa shape index (κ2) is 5.35. The molecular weight excluding hydrogens is 276 g/mol. The first-order valence-corrected chi connectivity index (χ1v) is 8.47. The van der Waals surface area contributed by atoms with Crippen LogP contribution < -0.4 is 5.73 Å². The molecule has 2 N–H and O–H groups in total. The Morgan fingerprint density at radius 1 is 1.25 bits per heavy atom. The topological polar surface area (TPSA) is 72.6 Å². The highest BCUT2D eigenvalue weighted by Crippen LogP contribution is 2.35. The zero-order chi connectivity index (χ0) is 14.2. The van der Waals surface area contributed by atoms with Gasteiger partial charge in [0.2, 0.25) is 10.0 Å². The van der Waals surface area contributed by atoms with E-state index in [1.54, 1.807) is 28.6 Å². The summed E-state index contributed by atoms with van der Waals surface area (Å²) in [5.41, 5.74) is 6.16. The maximum absolute atomic E-state index is 12.8. The van der Waals surface area contributed by atoms with Gasteiger partial charge in [-0.05, 0) is 37.3 Å². The van der Waals surface area contributed by atoms with Gasteiger partial charge in [-0.3, -0.25) is 0 Å². The molecule has 0 spiro atoms. The van der Waals surface area contributed by atoms with Crippen molar-refractivity contribution in [2.45, 2.75) is 30.2 Å². The molecule has 1 aromatic rings. The van der Waals surface area contributed by atoms with E-state index in [1.165, 1.54) is 0 Å². The van der Waals surface area contributed by atoms with Crippen LogP contribution in [0.4, 0.5) is 5.69 Å². The lowest BCUT2D eigenvalue weighted by Crippen LogP contribution is -2.37. The van der Waals surface area contributed by atoms with E-state index in [1.807, 2.05) is 0 Å². The molecule has 2 aliphatic rings. The predicted octanol–water partition coefficient (Wildman–Crippen LogP) is 1.46. The van der Waals surface area contributed by atoms with E-state index in [-0.39, 0.29) is 10.9 Å². The van der Waals surface area contributed by atoms with Crippen LogP contribution in [0.2, 0.25) is 0 Å². The lowest BCUT2D eigenvalue weighted by molar-refractivity contribution is 0.180. The fourth-order valence-electron chi connectivity index (χ4n) is 2.63. The molecule has 1 saturated heterocycles. The number of nitrogens with zero attached hydrogens (tertiary/aromatic N) is 1. The molecule has 0 amide bonds. The summed E-state index contributed by atoms with van der Waals surface area (Å²) in [6, 6.07) is 6.83. The minimum atomic E-state index is -3.50. The minimum absolute atomic E-state index is 0.139. The van der Waals surface area contributed by atoms with Crippen molar-refractivity contribution in [3.05, 3.63) is 24.3 Å². The van der Waals surface area contributed by atoms with Crippen LogP contribution in [-0.4, -0.2) is 38.5 Å². The number of anilines is 1. The number of nitrogens with two attached hydrogens (primary N) is 1. The fraction of sp³-hybridized carbons (Fsp3) is 0.571. The van der Waals surface area contributed by atoms with Crippen LogP contribution in [0.3, 0.4) is 0 Å². The second-order valence-electron chi connectivity index (χ2n) is 5.57. The van der Waals surface area contributed by atoms with Crippen molar-refractivity contribution in [3.8, 4) is 0 Å². The van der Waals surface area contributed by atoms with Crippen LogP contribution >= 0.6 is 0 Å². The smallest absolute Gasteiger partial charge is 0.245 e. The van der Waals surface area contributed by atoms with Crippen molar-refractivity contribution < 1.29 is 13.2 Å². The van der Waals surface area contributed by atoms with Gasteiger partial charge in [-0.1, -0.05) is 12.1 Å². The third kappa shape index (κ3) is 2.68. The van der Waals surface area contributed by atoms with Crippen LogP contribution in [0.15, 0.2) is 29.2 Å². The van der Waals surface area contributed by atoms with Gasteiger partial charge in [0.1, 0.15) is 4.90 Å². The van der Waals surface area contributed by atoms with E-state index in [0.717, 1.165) is 25.9 Å². The predicted molar refractivity (Wildman–Crippen MR) is 76.7 cm³/mol. The molecule has 1 unspecified atom stereocenters. The molecule has 2 fully saturated rings. The largest absolute Gasteiger partial charge is 0.398 e. The molecule has 5 nitrogen and oxygen atoms in total. The summed E-state index contributed by atoms with van der Waals surface area (Å²) in [6.07, 6.45) is 2.82. The lowest BCUT2D eigenvalue weighted by atomic mass is 10.1. The Balaban J connectivity index is 1.87. The Morgan fingerprint density at radius 3 is 2.60 bits per heavy atom. The van der Waals surface area contributed by atoms with Crippen molar-refractivity contribution in [2.24, 2.45) is 5.92 Å². The number of rotatable bonds is 5. The normalized spacial score (nSPS) is 23.4. The van der Waals surface area contributed by atoms with Gasteiger partial charge in [0, 0.05) is 19.2 Å². The fourth-order valence-corrected chi connectivity index (χ4v) is 4.51. The van der Waals surface area contributed by atoms with Crippen molar-refractivity contribution in [1.82, 2.24) is 4.31 Å². The van der Waals surface area contributed by atoms with Crippen LogP contribution in [0.25, 0.3) is 0 Å². The molecule has 110 valence electrons. The van der Waals surface area contributed by atoms with Crippen LogP contribution in [0.1, 0.15) is 19.3 Å². The number of para-hydroxylation sites is 1. The molecule has 20 heavy (non-hydrogen) atoms. The van der Waals surface area contributed by atoms with Crippen molar-refractivity contribution in [2.75, 3.05) is 25.5 Å². The Labute approximate surface area is 119 Å². The van der Waals surface area contributed by atoms with Gasteiger partial charge in [0.15, 0.2) is 0 Å². The summed E-state index contributed by atoms with van der Waals surface area (Å²) in [5.74, 6) is 0.301. The van der Waals surface area contributed by atoms with Crippen molar-refractivity contribution in [3.63, 3.8) is 0 Å². The van der Waals surface area contributed by atoms with Gasteiger partial charge in [0.25, 0.3) is 0 Å². The first kappa shape index (κ1) is 13.9. The molecule has 3 rings (SSSR count). The lowest BCUT2D eigenvalue weighted by Gasteiger charge is -2.25. The summed E-state index contributed by atoms with van der Waals surface area (Å²) in [4.78, 5) is 0.228. The van der Waals surface area contributed by atoms with Gasteiger partial charge in [-0.2, -0.15) is 4.31 Å². The Kier molecular flexibility index (Phi) is 3.70. The molecular formula is C14H20N2O3S. The molecule has 1 aliphatic heterocycles. The van der Waals surface area contributed by atoms with Crippen LogP contribution in [0.5, 0.6) is 0 Å². The highest BCUT2D eigenvalue weighted by atomic mass is 32.2. The van der Waals surface area contributed by atoms with Crippen LogP contribution in [0, 0.1) is 5.92 Å². The molecule has 0 aromatic heterocycles. The highest BCUT2D eigenvalue weighted by Gasteiger charge is 2.40. The molecule has 0 bridgehead atoms. The first-order valence-electron chi connectivity index (χ1n) is 7.03. The monoisotopic (exact) mass is 296 g/mol. The standard InChI is InChI=1S/C14H20N2O3S/c15-13-3-1-2-4-14(13)20(17,18)16(12-5-6-12)9-11-7-8-19-10-11/h1-4,11-12H,5-10,15H2. The number of nitrogen functional groups attached to an aromatic ring is 1. The molecule has 1 saturated carbocycles. The molecule has 6 heteroatoms. The average molecular weight is 296 g/mol. The molecule has 0 radical (unpaired) electrons. The SMILES string of the molecule is Nc1ccccc1S(=O)(=O)N(CC1CCOC1)C1CC1. The summed E-state index contributed by atoms with van der Waals surface area (Å²) in [6.45, 7) is 1.93. The maximum Gasteiger partial charge on any atom is 0.245 e. The quantitative estimate of drug-likeness (QED) is 0.835. The highest BCUT2D eigenvalue weighted by molar-refractivity contribution is 7.89. The summed E-state index contributed by atoms with van der Waals surface area (Å²) >= 11 is 0. The van der Waals surface area contributed by atoms with E-state index in [9.17, 15) is 8.42 Å². The van der Waals surface area contributed by atoms with E-state index in [0.29, 0.717) is 24.8 Å². The number of ether oxygens (including phenoxy) is 1.